The minimum atomic E-state index is -1.35. The van der Waals surface area contributed by atoms with Crippen LogP contribution in [0.25, 0.3) is 10.2 Å². The topological polar surface area (TPSA) is 110 Å². The fourth-order valence-electron chi connectivity index (χ4n) is 3.54. The molecule has 4 aromatic rings. The zero-order valence-electron chi connectivity index (χ0n) is 19.5. The van der Waals surface area contributed by atoms with E-state index in [1.165, 1.54) is 13.8 Å². The molecule has 1 aromatic heterocycles. The molecule has 0 atom stereocenters. The highest BCUT2D eigenvalue weighted by Crippen LogP contribution is 2.24. The van der Waals surface area contributed by atoms with Crippen LogP contribution in [0.4, 0.5) is 0 Å². The molecule has 0 amide bonds. The maximum absolute atomic E-state index is 12.6. The first-order valence-corrected chi connectivity index (χ1v) is 12.1. The van der Waals surface area contributed by atoms with Crippen molar-refractivity contribution in [2.45, 2.75) is 26.0 Å². The molecule has 4 rings (SSSR count). The van der Waals surface area contributed by atoms with Crippen LogP contribution in [0.15, 0.2) is 76.7 Å². The number of carboxylic acids is 1. The normalized spacial score (nSPS) is 12.0. The van der Waals surface area contributed by atoms with Gasteiger partial charge in [-0.15, -0.1) is 0 Å². The number of carbonyl (C=O) groups is 1. The maximum Gasteiger partial charge on any atom is 0.347 e. The van der Waals surface area contributed by atoms with Gasteiger partial charge in [0.25, 0.3) is 0 Å². The lowest BCUT2D eigenvalue weighted by Gasteiger charge is -2.21. The monoisotopic (exact) mass is 526 g/mol. The summed E-state index contributed by atoms with van der Waals surface area (Å²) < 4.78 is 13.6. The average molecular weight is 527 g/mol. The van der Waals surface area contributed by atoms with E-state index >= 15 is 0 Å². The summed E-state index contributed by atoms with van der Waals surface area (Å²) in [5.41, 5.74) is 1.08. The molecule has 36 heavy (non-hydrogen) atoms. The molecular weight excluding hydrogens is 504 g/mol. The summed E-state index contributed by atoms with van der Waals surface area (Å²) in [6.45, 7) is 3.53. The van der Waals surface area contributed by atoms with E-state index in [0.717, 1.165) is 21.6 Å². The average Bonchev–Trinajstić information content (AvgIpc) is 3.15. The van der Waals surface area contributed by atoms with Crippen molar-refractivity contribution in [1.82, 2.24) is 4.57 Å². The number of benzene rings is 3. The van der Waals surface area contributed by atoms with Crippen molar-refractivity contribution >= 4 is 44.8 Å². The Kier molecular flexibility index (Phi) is 7.32. The number of thiazole rings is 1. The molecule has 0 saturated carbocycles. The number of rotatable bonds is 9. The highest BCUT2D eigenvalue weighted by atomic mass is 35.5. The second kappa shape index (κ2) is 10.4. The summed E-state index contributed by atoms with van der Waals surface area (Å²) >= 11 is 7.17. The predicted octanol–water partition coefficient (Wildman–Crippen LogP) is 5.26. The zero-order valence-corrected chi connectivity index (χ0v) is 21.0. The molecule has 8 nitrogen and oxygen atoms in total. The van der Waals surface area contributed by atoms with Gasteiger partial charge in [-0.2, -0.15) is 0 Å². The van der Waals surface area contributed by atoms with E-state index in [-0.39, 0.29) is 11.5 Å². The number of ether oxygens (including phenoxy) is 2. The van der Waals surface area contributed by atoms with Gasteiger partial charge in [-0.3, -0.25) is 9.36 Å². The molecule has 0 spiro atoms. The number of nitrogens with zero attached hydrogens (tertiary/aromatic N) is 2. The molecule has 0 saturated heterocycles. The second-order valence-electron chi connectivity index (χ2n) is 8.40. The number of hydrogen-bond acceptors (Lipinski definition) is 7. The lowest BCUT2D eigenvalue weighted by Crippen LogP contribution is -2.37. The summed E-state index contributed by atoms with van der Waals surface area (Å²) in [6, 6.07) is 19.0. The third kappa shape index (κ3) is 5.53. The van der Waals surface area contributed by atoms with Crippen LogP contribution < -0.4 is 14.3 Å². The van der Waals surface area contributed by atoms with Gasteiger partial charge in [-0.05, 0) is 62.4 Å². The van der Waals surface area contributed by atoms with Gasteiger partial charge < -0.3 is 19.8 Å². The summed E-state index contributed by atoms with van der Waals surface area (Å²) in [7, 11) is 0. The smallest absolute Gasteiger partial charge is 0.347 e. The first-order valence-electron chi connectivity index (χ1n) is 10.9. The van der Waals surface area contributed by atoms with Crippen LogP contribution in [0.5, 0.6) is 11.5 Å². The maximum atomic E-state index is 12.6. The predicted molar refractivity (Wildman–Crippen MR) is 139 cm³/mol. The Hall–Kier alpha value is -3.82. The zero-order chi connectivity index (χ0) is 25.9. The largest absolute Gasteiger partial charge is 0.492 e. The first kappa shape index (κ1) is 25.3. The number of aromatic nitrogens is 1. The molecule has 0 fully saturated rings. The van der Waals surface area contributed by atoms with E-state index in [4.69, 9.17) is 21.1 Å². The summed E-state index contributed by atoms with van der Waals surface area (Å²) in [5, 5.41) is 22.8. The molecule has 186 valence electrons. The van der Waals surface area contributed by atoms with Gasteiger partial charge in [0.05, 0.1) is 16.8 Å². The van der Waals surface area contributed by atoms with Crippen molar-refractivity contribution in [3.63, 3.8) is 0 Å². The number of oxime groups is 1. The van der Waals surface area contributed by atoms with Gasteiger partial charge >= 0.3 is 10.8 Å². The molecule has 0 aliphatic carbocycles. The Morgan fingerprint density at radius 2 is 1.75 bits per heavy atom. The van der Waals surface area contributed by atoms with Gasteiger partial charge in [0.2, 0.25) is 0 Å². The molecule has 0 radical (unpaired) electrons. The molecule has 0 bridgehead atoms. The minimum absolute atomic E-state index is 0.129. The molecule has 0 aliphatic rings. The standard InChI is InChI=1S/C26H23ClN2O6S/c1-26(2,24(30)31)35-20-9-7-19(8-10-20)34-13-12-29-21-11-6-17(15-22(21)36-25(29)32)23(28-33)16-4-3-5-18(27)14-16/h3-11,14-15,33H,12-13H2,1-2H3,(H,30,31). The number of aliphatic carboxylic acids is 1. The lowest BCUT2D eigenvalue weighted by atomic mass is 10.0. The van der Waals surface area contributed by atoms with E-state index in [0.29, 0.717) is 39.9 Å². The molecule has 1 heterocycles. The van der Waals surface area contributed by atoms with E-state index in [1.54, 1.807) is 59.2 Å². The quantitative estimate of drug-likeness (QED) is 0.175. The summed E-state index contributed by atoms with van der Waals surface area (Å²) in [5.74, 6) is -0.0856. The molecule has 0 aliphatic heterocycles. The number of hydrogen-bond donors (Lipinski definition) is 2. The van der Waals surface area contributed by atoms with E-state index in [9.17, 15) is 19.9 Å². The van der Waals surface area contributed by atoms with Crippen molar-refractivity contribution in [1.29, 1.82) is 0 Å². The van der Waals surface area contributed by atoms with E-state index in [2.05, 4.69) is 5.16 Å². The third-order valence-corrected chi connectivity index (χ3v) is 6.61. The van der Waals surface area contributed by atoms with Crippen molar-refractivity contribution in [2.75, 3.05) is 6.61 Å². The van der Waals surface area contributed by atoms with Crippen LogP contribution in [0.2, 0.25) is 5.02 Å². The van der Waals surface area contributed by atoms with Crippen molar-refractivity contribution < 1.29 is 24.6 Å². The Balaban J connectivity index is 1.45. The van der Waals surface area contributed by atoms with Gasteiger partial charge in [0.15, 0.2) is 5.60 Å². The number of halogens is 1. The third-order valence-electron chi connectivity index (χ3n) is 5.44. The second-order valence-corrected chi connectivity index (χ2v) is 9.83. The van der Waals surface area contributed by atoms with Crippen molar-refractivity contribution in [2.24, 2.45) is 5.16 Å². The summed E-state index contributed by atoms with van der Waals surface area (Å²) in [6.07, 6.45) is 0. The Bertz CT molecular complexity index is 1490. The Morgan fingerprint density at radius 1 is 1.06 bits per heavy atom. The van der Waals surface area contributed by atoms with E-state index < -0.39 is 11.6 Å². The number of fused-ring (bicyclic) bond motifs is 1. The molecule has 2 N–H and O–H groups in total. The van der Waals surface area contributed by atoms with Gasteiger partial charge in [0, 0.05) is 16.1 Å². The van der Waals surface area contributed by atoms with Gasteiger partial charge in [0.1, 0.15) is 23.8 Å². The molecule has 0 unspecified atom stereocenters. The fourth-order valence-corrected chi connectivity index (χ4v) is 4.69. The highest BCUT2D eigenvalue weighted by molar-refractivity contribution is 7.16. The van der Waals surface area contributed by atoms with Crippen LogP contribution in [-0.4, -0.2) is 38.8 Å². The van der Waals surface area contributed by atoms with Crippen LogP contribution in [0.1, 0.15) is 25.0 Å². The highest BCUT2D eigenvalue weighted by Gasteiger charge is 2.29. The van der Waals surface area contributed by atoms with E-state index in [1.807, 2.05) is 12.1 Å². The van der Waals surface area contributed by atoms with Crippen LogP contribution in [-0.2, 0) is 11.3 Å². The molecule has 10 heteroatoms. The van der Waals surface area contributed by atoms with Crippen molar-refractivity contribution in [3.8, 4) is 11.5 Å². The fraction of sp³-hybridized carbons (Fsp3) is 0.192. The van der Waals surface area contributed by atoms with Crippen LogP contribution in [0.3, 0.4) is 0 Å². The number of carboxylic acid groups (broad SMARTS) is 1. The molecular formula is C26H23ClN2O6S. The Labute approximate surface area is 215 Å². The van der Waals surface area contributed by atoms with Gasteiger partial charge in [-0.25, -0.2) is 4.79 Å². The van der Waals surface area contributed by atoms with Crippen LogP contribution >= 0.6 is 22.9 Å². The SMILES string of the molecule is CC(C)(Oc1ccc(OCCn2c(=O)sc3cc(C(=NO)c4cccc(Cl)c4)ccc32)cc1)C(=O)O. The lowest BCUT2D eigenvalue weighted by molar-refractivity contribution is -0.152. The molecule has 3 aromatic carbocycles. The van der Waals surface area contributed by atoms with Crippen molar-refractivity contribution in [3.05, 3.63) is 92.5 Å². The summed E-state index contributed by atoms with van der Waals surface area (Å²) in [4.78, 5) is 23.7. The Morgan fingerprint density at radius 3 is 2.42 bits per heavy atom. The van der Waals surface area contributed by atoms with Gasteiger partial charge in [-0.1, -0.05) is 46.3 Å². The van der Waals surface area contributed by atoms with Crippen LogP contribution in [0, 0.1) is 0 Å². The minimum Gasteiger partial charge on any atom is -0.492 e. The first-order chi connectivity index (χ1) is 17.2.